The molecule has 0 aliphatic carbocycles. The highest BCUT2D eigenvalue weighted by Crippen LogP contribution is 2.41. The largest absolute Gasteiger partial charge is 0.504 e. The molecule has 0 spiro atoms. The number of ether oxygens (including phenoxy) is 3. The lowest BCUT2D eigenvalue weighted by Gasteiger charge is -2.20. The zero-order valence-electron chi connectivity index (χ0n) is 21.1. The van der Waals surface area contributed by atoms with Gasteiger partial charge in [0.05, 0.1) is 13.2 Å². The van der Waals surface area contributed by atoms with Crippen LogP contribution in [0, 0.1) is 0 Å². The van der Waals surface area contributed by atoms with Gasteiger partial charge in [-0.05, 0) is 98.2 Å². The van der Waals surface area contributed by atoms with E-state index >= 15 is 0 Å². The Kier molecular flexibility index (Phi) is 6.86. The highest BCUT2D eigenvalue weighted by atomic mass is 16.5. The predicted molar refractivity (Wildman–Crippen MR) is 144 cm³/mol. The van der Waals surface area contributed by atoms with Crippen LogP contribution in [0.2, 0.25) is 0 Å². The first-order chi connectivity index (χ1) is 17.5. The van der Waals surface area contributed by atoms with Crippen LogP contribution in [0.1, 0.15) is 36.1 Å². The van der Waals surface area contributed by atoms with Crippen molar-refractivity contribution in [2.45, 2.75) is 45.6 Å². The summed E-state index contributed by atoms with van der Waals surface area (Å²) in [6.45, 7) is 4.11. The Labute approximate surface area is 213 Å². The number of hydrogen-bond acceptors (Lipinski definition) is 4. The number of phenols is 1. The topological polar surface area (TPSA) is 47.9 Å². The van der Waals surface area contributed by atoms with E-state index in [2.05, 4.69) is 56.3 Å². The molecule has 4 heterocycles. The van der Waals surface area contributed by atoms with E-state index < -0.39 is 0 Å². The van der Waals surface area contributed by atoms with Crippen LogP contribution in [0.5, 0.6) is 28.7 Å². The van der Waals surface area contributed by atoms with Crippen molar-refractivity contribution in [1.29, 1.82) is 0 Å². The Morgan fingerprint density at radius 3 is 2.19 bits per heavy atom. The van der Waals surface area contributed by atoms with Gasteiger partial charge in [0.15, 0.2) is 11.5 Å². The normalized spacial score (nSPS) is 13.0. The van der Waals surface area contributed by atoms with Crippen LogP contribution in [-0.4, -0.2) is 18.3 Å². The molecular formula is C32H32O4. The maximum atomic E-state index is 10.3. The summed E-state index contributed by atoms with van der Waals surface area (Å²) in [4.78, 5) is 0. The number of rotatable bonds is 3. The van der Waals surface area contributed by atoms with Crippen LogP contribution in [-0.2, 0) is 25.7 Å². The van der Waals surface area contributed by atoms with Gasteiger partial charge < -0.3 is 19.3 Å². The second kappa shape index (κ2) is 10.4. The van der Waals surface area contributed by atoms with Crippen LogP contribution < -0.4 is 14.2 Å². The molecule has 4 aliphatic rings. The minimum atomic E-state index is 0.0672. The summed E-state index contributed by atoms with van der Waals surface area (Å²) in [5, 5.41) is 10.3. The van der Waals surface area contributed by atoms with E-state index in [1.165, 1.54) is 16.7 Å². The summed E-state index contributed by atoms with van der Waals surface area (Å²) < 4.78 is 18.2. The third kappa shape index (κ3) is 5.18. The Morgan fingerprint density at radius 2 is 1.44 bits per heavy atom. The van der Waals surface area contributed by atoms with E-state index in [-0.39, 0.29) is 11.9 Å². The molecule has 8 rings (SSSR count). The van der Waals surface area contributed by atoms with Crippen molar-refractivity contribution in [1.82, 2.24) is 0 Å². The molecule has 0 fully saturated rings. The van der Waals surface area contributed by atoms with Crippen LogP contribution in [0.25, 0.3) is 11.1 Å². The summed E-state index contributed by atoms with van der Waals surface area (Å²) in [7, 11) is 1.73. The van der Waals surface area contributed by atoms with E-state index in [4.69, 9.17) is 14.2 Å². The fraction of sp³-hybridized carbons (Fsp3) is 0.250. The van der Waals surface area contributed by atoms with Gasteiger partial charge in [-0.25, -0.2) is 0 Å². The smallest absolute Gasteiger partial charge is 0.169 e. The average molecular weight is 481 g/mol. The van der Waals surface area contributed by atoms with Gasteiger partial charge in [-0.3, -0.25) is 0 Å². The maximum Gasteiger partial charge on any atom is 0.169 e. The number of benzene rings is 4. The zero-order chi connectivity index (χ0) is 25.1. The highest BCUT2D eigenvalue weighted by molar-refractivity contribution is 5.79. The molecule has 4 aromatic rings. The molecule has 4 heteroatoms. The quantitative estimate of drug-likeness (QED) is 0.329. The number of phenolic OH excluding ortho intramolecular Hbond substituents is 1. The first-order valence-corrected chi connectivity index (χ1v) is 12.5. The lowest BCUT2D eigenvalue weighted by Crippen LogP contribution is -2.08. The Balaban J connectivity index is 1.62. The van der Waals surface area contributed by atoms with E-state index in [1.54, 1.807) is 13.2 Å². The fourth-order valence-electron chi connectivity index (χ4n) is 4.76. The van der Waals surface area contributed by atoms with Crippen LogP contribution in [0.3, 0.4) is 0 Å². The average Bonchev–Trinajstić information content (AvgIpc) is 2.88. The van der Waals surface area contributed by atoms with Crippen molar-refractivity contribution < 1.29 is 19.3 Å². The summed E-state index contributed by atoms with van der Waals surface area (Å²) in [5.41, 5.74) is 6.86. The van der Waals surface area contributed by atoms with E-state index in [0.717, 1.165) is 53.9 Å². The summed E-state index contributed by atoms with van der Waals surface area (Å²) >= 11 is 0. The van der Waals surface area contributed by atoms with Crippen molar-refractivity contribution in [3.63, 3.8) is 0 Å². The van der Waals surface area contributed by atoms with Crippen molar-refractivity contribution in [2.75, 3.05) is 7.11 Å². The van der Waals surface area contributed by atoms with E-state index in [9.17, 15) is 5.11 Å². The summed E-state index contributed by atoms with van der Waals surface area (Å²) in [6, 6.07) is 26.4. The van der Waals surface area contributed by atoms with Gasteiger partial charge in [-0.2, -0.15) is 0 Å². The molecule has 184 valence electrons. The van der Waals surface area contributed by atoms with E-state index in [0.29, 0.717) is 11.5 Å². The van der Waals surface area contributed by atoms with E-state index in [1.807, 2.05) is 30.3 Å². The first-order valence-electron chi connectivity index (χ1n) is 12.5. The molecule has 4 nitrogen and oxygen atoms in total. The van der Waals surface area contributed by atoms with Crippen LogP contribution >= 0.6 is 0 Å². The van der Waals surface area contributed by atoms with Gasteiger partial charge in [0, 0.05) is 11.1 Å². The molecule has 0 amide bonds. The summed E-state index contributed by atoms with van der Waals surface area (Å²) in [6.07, 6.45) is 3.46. The molecule has 6 bridgehead atoms. The molecule has 0 saturated carbocycles. The van der Waals surface area contributed by atoms with Crippen LogP contribution in [0.4, 0.5) is 0 Å². The first kappa shape index (κ1) is 23.8. The number of aryl methyl sites for hydroxylation is 4. The van der Waals surface area contributed by atoms with Gasteiger partial charge in [-0.15, -0.1) is 0 Å². The minimum Gasteiger partial charge on any atom is -0.504 e. The van der Waals surface area contributed by atoms with Gasteiger partial charge in [0.2, 0.25) is 0 Å². The minimum absolute atomic E-state index is 0.0672. The molecule has 36 heavy (non-hydrogen) atoms. The zero-order valence-corrected chi connectivity index (χ0v) is 21.1. The molecular weight excluding hydrogens is 448 g/mol. The Morgan fingerprint density at radius 1 is 0.750 bits per heavy atom. The molecule has 0 radical (unpaired) electrons. The van der Waals surface area contributed by atoms with Crippen molar-refractivity contribution in [3.05, 3.63) is 101 Å². The Bertz CT molecular complexity index is 1360. The van der Waals surface area contributed by atoms with Gasteiger partial charge >= 0.3 is 0 Å². The van der Waals surface area contributed by atoms with Crippen molar-refractivity contribution >= 4 is 0 Å². The maximum absolute atomic E-state index is 10.3. The number of hydrogen-bond donors (Lipinski definition) is 1. The highest BCUT2D eigenvalue weighted by Gasteiger charge is 2.18. The third-order valence-corrected chi connectivity index (χ3v) is 6.57. The predicted octanol–water partition coefficient (Wildman–Crippen LogP) is 7.53. The SMILES string of the molecule is COc1cc2ccc1-c1c(cccc1OC(C)C)CCc1ccc(cc1)Oc1cc(ccc1O)CC2. The molecule has 4 aliphatic heterocycles. The monoisotopic (exact) mass is 480 g/mol. The molecule has 0 unspecified atom stereocenters. The van der Waals surface area contributed by atoms with Crippen molar-refractivity contribution in [2.24, 2.45) is 0 Å². The van der Waals surface area contributed by atoms with Gasteiger partial charge in [0.25, 0.3) is 0 Å². The summed E-state index contributed by atoms with van der Waals surface area (Å²) in [5.74, 6) is 3.04. The third-order valence-electron chi connectivity index (χ3n) is 6.57. The number of aromatic hydroxyl groups is 1. The number of methoxy groups -OCH3 is 1. The lowest BCUT2D eigenvalue weighted by molar-refractivity contribution is 0.243. The second-order valence-corrected chi connectivity index (χ2v) is 9.54. The Hall–Kier alpha value is -3.92. The van der Waals surface area contributed by atoms with Crippen molar-refractivity contribution in [3.8, 4) is 39.9 Å². The molecule has 4 aromatic carbocycles. The van der Waals surface area contributed by atoms with Crippen LogP contribution in [0.15, 0.2) is 78.9 Å². The standard InChI is InChI=1S/C32H32O4/c1-21(2)35-29-6-4-5-25-14-9-22-10-15-26(16-11-22)36-31-20-24(13-18-28(31)33)8-7-23-12-17-27(32(25)29)30(19-23)34-3/h4-6,10-13,15-21,33H,7-9,14H2,1-3H3. The second-order valence-electron chi connectivity index (χ2n) is 9.54. The lowest BCUT2D eigenvalue weighted by atomic mass is 9.92. The van der Waals surface area contributed by atoms with Gasteiger partial charge in [-0.1, -0.05) is 42.5 Å². The molecule has 0 saturated heterocycles. The molecule has 1 N–H and O–H groups in total. The fourth-order valence-corrected chi connectivity index (χ4v) is 4.76. The van der Waals surface area contributed by atoms with Gasteiger partial charge in [0.1, 0.15) is 17.2 Å². The molecule has 0 aromatic heterocycles. The molecule has 0 atom stereocenters.